The van der Waals surface area contributed by atoms with Crippen LogP contribution in [0.4, 0.5) is 8.78 Å². The van der Waals surface area contributed by atoms with Crippen LogP contribution in [0.5, 0.6) is 5.88 Å². The first-order valence-corrected chi connectivity index (χ1v) is 12.5. The van der Waals surface area contributed by atoms with Crippen LogP contribution in [0.15, 0.2) is 16.7 Å². The molecule has 1 saturated carbocycles. The van der Waals surface area contributed by atoms with E-state index in [-0.39, 0.29) is 24.2 Å². The summed E-state index contributed by atoms with van der Waals surface area (Å²) < 4.78 is 36.3. The first-order chi connectivity index (χ1) is 16.7. The number of hydrogen-bond donors (Lipinski definition) is 1. The highest BCUT2D eigenvalue weighted by Crippen LogP contribution is 2.28. The van der Waals surface area contributed by atoms with Gasteiger partial charge >= 0.3 is 0 Å². The maximum absolute atomic E-state index is 13.1. The van der Waals surface area contributed by atoms with Gasteiger partial charge in [-0.15, -0.1) is 0 Å². The van der Waals surface area contributed by atoms with E-state index < -0.39 is 12.5 Å². The molecular weight excluding hydrogens is 456 g/mol. The van der Waals surface area contributed by atoms with Crippen LogP contribution in [0.2, 0.25) is 0 Å². The number of amides is 1. The van der Waals surface area contributed by atoms with Gasteiger partial charge in [0.25, 0.3) is 5.92 Å². The maximum atomic E-state index is 13.1. The van der Waals surface area contributed by atoms with Crippen molar-refractivity contribution in [3.05, 3.63) is 35.1 Å². The molecule has 8 nitrogen and oxygen atoms in total. The number of carbonyl (C=O) groups excluding carboxylic acids is 1. The predicted molar refractivity (Wildman–Crippen MR) is 125 cm³/mol. The van der Waals surface area contributed by atoms with E-state index in [1.807, 2.05) is 6.07 Å². The molecule has 0 radical (unpaired) electrons. The molecule has 0 saturated heterocycles. The van der Waals surface area contributed by atoms with Gasteiger partial charge in [0.1, 0.15) is 0 Å². The Morgan fingerprint density at radius 2 is 1.97 bits per heavy atom. The van der Waals surface area contributed by atoms with Gasteiger partial charge in [0, 0.05) is 51.2 Å². The van der Waals surface area contributed by atoms with E-state index in [4.69, 9.17) is 9.26 Å². The first kappa shape index (κ1) is 25.5. The fourth-order valence-corrected chi connectivity index (χ4v) is 4.91. The number of alkyl halides is 2. The molecule has 192 valence electrons. The van der Waals surface area contributed by atoms with Crippen LogP contribution in [0.25, 0.3) is 0 Å². The van der Waals surface area contributed by atoms with Crippen molar-refractivity contribution >= 4 is 5.91 Å². The molecule has 1 amide bonds. The molecule has 0 spiro atoms. The maximum Gasteiger partial charge on any atom is 0.278 e. The summed E-state index contributed by atoms with van der Waals surface area (Å²) in [5.74, 6) is -1.09. The molecule has 0 unspecified atom stereocenters. The lowest BCUT2D eigenvalue weighted by Crippen LogP contribution is -2.39. The van der Waals surface area contributed by atoms with Crippen molar-refractivity contribution in [3.63, 3.8) is 0 Å². The number of rotatable bonds is 9. The van der Waals surface area contributed by atoms with Gasteiger partial charge < -0.3 is 19.5 Å². The SMILES string of the molecule is Cc1nc(CC(=O)NC2CCC(CCN3CCc4ccc(OCC(C)(F)F)nc4CC3)CC2)no1. The second kappa shape index (κ2) is 11.4. The van der Waals surface area contributed by atoms with Crippen LogP contribution >= 0.6 is 0 Å². The van der Waals surface area contributed by atoms with Gasteiger partial charge in [-0.05, 0) is 56.6 Å². The Labute approximate surface area is 204 Å². The van der Waals surface area contributed by atoms with Crippen LogP contribution in [-0.2, 0) is 24.1 Å². The Kier molecular flexibility index (Phi) is 8.30. The quantitative estimate of drug-likeness (QED) is 0.574. The second-order valence-electron chi connectivity index (χ2n) is 9.94. The van der Waals surface area contributed by atoms with Crippen molar-refractivity contribution in [2.45, 2.75) is 77.2 Å². The third-order valence-corrected chi connectivity index (χ3v) is 6.83. The van der Waals surface area contributed by atoms with E-state index in [1.165, 1.54) is 5.56 Å². The summed E-state index contributed by atoms with van der Waals surface area (Å²) >= 11 is 0. The summed E-state index contributed by atoms with van der Waals surface area (Å²) in [7, 11) is 0. The highest BCUT2D eigenvalue weighted by molar-refractivity contribution is 5.78. The summed E-state index contributed by atoms with van der Waals surface area (Å²) in [6.07, 6.45) is 7.23. The van der Waals surface area contributed by atoms with Gasteiger partial charge in [-0.3, -0.25) is 4.79 Å². The molecule has 3 heterocycles. The topological polar surface area (TPSA) is 93.4 Å². The molecule has 1 aliphatic carbocycles. The molecule has 2 aliphatic rings. The minimum atomic E-state index is -2.87. The number of pyridine rings is 1. The third-order valence-electron chi connectivity index (χ3n) is 6.83. The summed E-state index contributed by atoms with van der Waals surface area (Å²) in [5, 5.41) is 6.89. The number of aryl methyl sites for hydroxylation is 1. The highest BCUT2D eigenvalue weighted by atomic mass is 19.3. The summed E-state index contributed by atoms with van der Waals surface area (Å²) in [5.41, 5.74) is 2.13. The Bertz CT molecular complexity index is 986. The summed E-state index contributed by atoms with van der Waals surface area (Å²) in [4.78, 5) is 23.3. The monoisotopic (exact) mass is 491 g/mol. The number of halogens is 2. The normalized spacial score (nSPS) is 21.3. The van der Waals surface area contributed by atoms with Crippen LogP contribution in [0.1, 0.15) is 62.0 Å². The van der Waals surface area contributed by atoms with E-state index in [2.05, 4.69) is 25.3 Å². The van der Waals surface area contributed by atoms with E-state index in [0.717, 1.165) is 77.2 Å². The molecule has 4 rings (SSSR count). The molecule has 1 aliphatic heterocycles. The lowest BCUT2D eigenvalue weighted by Gasteiger charge is -2.30. The minimum Gasteiger partial charge on any atom is -0.471 e. The number of ether oxygens (including phenoxy) is 1. The van der Waals surface area contributed by atoms with Crippen LogP contribution < -0.4 is 10.1 Å². The fourth-order valence-electron chi connectivity index (χ4n) is 4.91. The van der Waals surface area contributed by atoms with Gasteiger partial charge in [0.05, 0.1) is 6.42 Å². The van der Waals surface area contributed by atoms with Crippen molar-refractivity contribution in [2.24, 2.45) is 5.92 Å². The molecule has 1 N–H and O–H groups in total. The lowest BCUT2D eigenvalue weighted by atomic mass is 9.84. The Balaban J connectivity index is 1.16. The van der Waals surface area contributed by atoms with Crippen LogP contribution in [-0.4, -0.2) is 64.1 Å². The van der Waals surface area contributed by atoms with Gasteiger partial charge in [0.15, 0.2) is 12.4 Å². The number of fused-ring (bicyclic) bond motifs is 1. The molecule has 2 aromatic heterocycles. The van der Waals surface area contributed by atoms with Crippen molar-refractivity contribution in [2.75, 3.05) is 26.2 Å². The van der Waals surface area contributed by atoms with E-state index >= 15 is 0 Å². The van der Waals surface area contributed by atoms with Gasteiger partial charge in [0.2, 0.25) is 17.7 Å². The number of hydrogen-bond acceptors (Lipinski definition) is 7. The Morgan fingerprint density at radius 3 is 2.69 bits per heavy atom. The third kappa shape index (κ3) is 7.95. The summed E-state index contributed by atoms with van der Waals surface area (Å²) in [6, 6.07) is 3.88. The predicted octanol–water partition coefficient (Wildman–Crippen LogP) is 3.52. The van der Waals surface area contributed by atoms with E-state index in [9.17, 15) is 13.6 Å². The smallest absolute Gasteiger partial charge is 0.278 e. The van der Waals surface area contributed by atoms with Gasteiger partial charge in [-0.25, -0.2) is 13.8 Å². The van der Waals surface area contributed by atoms with E-state index in [1.54, 1.807) is 13.0 Å². The zero-order chi connectivity index (χ0) is 24.8. The van der Waals surface area contributed by atoms with Crippen LogP contribution in [0.3, 0.4) is 0 Å². The molecular formula is C25H35F2N5O3. The standard InChI is InChI=1S/C25H35F2N5O3/c1-17-28-22(31-35-17)15-23(33)29-20-6-3-18(4-7-20)9-12-32-13-10-19-5-8-24(30-21(19)11-14-32)34-16-25(2,26)27/h5,8,18,20H,3-4,6-7,9-16H2,1-2H3,(H,29,33). The van der Waals surface area contributed by atoms with Gasteiger partial charge in [-0.2, -0.15) is 4.98 Å². The molecule has 10 heteroatoms. The van der Waals surface area contributed by atoms with Crippen molar-refractivity contribution in [1.29, 1.82) is 0 Å². The summed E-state index contributed by atoms with van der Waals surface area (Å²) in [6.45, 7) is 4.82. The highest BCUT2D eigenvalue weighted by Gasteiger charge is 2.25. The molecule has 35 heavy (non-hydrogen) atoms. The van der Waals surface area contributed by atoms with E-state index in [0.29, 0.717) is 17.6 Å². The number of nitrogens with one attached hydrogen (secondary N) is 1. The lowest BCUT2D eigenvalue weighted by molar-refractivity contribution is -0.121. The molecule has 0 aromatic carbocycles. The van der Waals surface area contributed by atoms with Gasteiger partial charge in [-0.1, -0.05) is 11.2 Å². The fraction of sp³-hybridized carbons (Fsp3) is 0.680. The molecule has 2 aromatic rings. The average Bonchev–Trinajstić information content (AvgIpc) is 3.10. The first-order valence-electron chi connectivity index (χ1n) is 12.5. The van der Waals surface area contributed by atoms with Crippen molar-refractivity contribution < 1.29 is 22.8 Å². The number of nitrogens with zero attached hydrogens (tertiary/aromatic N) is 4. The van der Waals surface area contributed by atoms with Crippen molar-refractivity contribution in [1.82, 2.24) is 25.3 Å². The number of carbonyl (C=O) groups is 1. The molecule has 1 fully saturated rings. The minimum absolute atomic E-state index is 0.0519. The Morgan fingerprint density at radius 1 is 1.20 bits per heavy atom. The largest absolute Gasteiger partial charge is 0.471 e. The molecule has 0 bridgehead atoms. The zero-order valence-electron chi connectivity index (χ0n) is 20.6. The number of aromatic nitrogens is 3. The van der Waals surface area contributed by atoms with Crippen LogP contribution in [0, 0.1) is 12.8 Å². The van der Waals surface area contributed by atoms with Crippen molar-refractivity contribution in [3.8, 4) is 5.88 Å². The molecule has 0 atom stereocenters. The average molecular weight is 492 g/mol. The Hall–Kier alpha value is -2.62. The zero-order valence-corrected chi connectivity index (χ0v) is 20.6. The second-order valence-corrected chi connectivity index (χ2v) is 9.94.